The summed E-state index contributed by atoms with van der Waals surface area (Å²) < 4.78 is 5.32. The van der Waals surface area contributed by atoms with Crippen LogP contribution in [-0.4, -0.2) is 18.6 Å². The Hall–Kier alpha value is -1.25. The number of nitrogens with zero attached hydrogens (tertiary/aromatic N) is 1. The fraction of sp³-hybridized carbons (Fsp3) is 0.643. The number of nitrogens with one attached hydrogen (secondary N) is 1. The molecule has 3 nitrogen and oxygen atoms in total. The van der Waals surface area contributed by atoms with Crippen molar-refractivity contribution >= 4 is 5.69 Å². The number of pyridine rings is 1. The highest BCUT2D eigenvalue weighted by atomic mass is 16.5. The summed E-state index contributed by atoms with van der Waals surface area (Å²) in [5.41, 5.74) is 2.53. The zero-order valence-corrected chi connectivity index (χ0v) is 11.0. The Labute approximate surface area is 104 Å². The number of anilines is 1. The monoisotopic (exact) mass is 234 g/mol. The number of hydrogen-bond acceptors (Lipinski definition) is 3. The number of aromatic nitrogens is 1. The minimum Gasteiger partial charge on any atom is -0.493 e. The van der Waals surface area contributed by atoms with E-state index in [4.69, 9.17) is 4.74 Å². The molecule has 17 heavy (non-hydrogen) atoms. The fourth-order valence-electron chi connectivity index (χ4n) is 2.56. The van der Waals surface area contributed by atoms with E-state index in [-0.39, 0.29) is 0 Å². The average Bonchev–Trinajstić information content (AvgIpc) is 2.74. The Balaban J connectivity index is 2.05. The molecule has 0 unspecified atom stereocenters. The van der Waals surface area contributed by atoms with Gasteiger partial charge < -0.3 is 10.1 Å². The minimum atomic E-state index is 0.447. The van der Waals surface area contributed by atoms with Gasteiger partial charge in [0.15, 0.2) is 5.75 Å². The second-order valence-electron chi connectivity index (χ2n) is 5.40. The second kappa shape index (κ2) is 4.94. The summed E-state index contributed by atoms with van der Waals surface area (Å²) in [7, 11) is 1.69. The van der Waals surface area contributed by atoms with Gasteiger partial charge in [-0.1, -0.05) is 19.8 Å². The molecule has 0 atom stereocenters. The largest absolute Gasteiger partial charge is 0.493 e. The van der Waals surface area contributed by atoms with Crippen LogP contribution in [0, 0.1) is 12.3 Å². The highest BCUT2D eigenvalue weighted by Gasteiger charge is 2.28. The van der Waals surface area contributed by atoms with Gasteiger partial charge in [0, 0.05) is 12.2 Å². The van der Waals surface area contributed by atoms with Gasteiger partial charge in [-0.15, -0.1) is 0 Å². The van der Waals surface area contributed by atoms with E-state index in [0.29, 0.717) is 5.41 Å². The van der Waals surface area contributed by atoms with Crippen LogP contribution in [0.5, 0.6) is 5.75 Å². The lowest BCUT2D eigenvalue weighted by Crippen LogP contribution is -2.23. The summed E-state index contributed by atoms with van der Waals surface area (Å²) in [5, 5.41) is 3.52. The minimum absolute atomic E-state index is 0.447. The maximum atomic E-state index is 5.32. The average molecular weight is 234 g/mol. The summed E-state index contributed by atoms with van der Waals surface area (Å²) in [6.07, 6.45) is 7.17. The van der Waals surface area contributed by atoms with Crippen molar-refractivity contribution in [2.75, 3.05) is 19.0 Å². The quantitative estimate of drug-likeness (QED) is 0.867. The van der Waals surface area contributed by atoms with Crippen LogP contribution < -0.4 is 10.1 Å². The van der Waals surface area contributed by atoms with Crippen LogP contribution in [0.2, 0.25) is 0 Å². The number of rotatable bonds is 4. The smallest absolute Gasteiger partial charge is 0.160 e. The maximum Gasteiger partial charge on any atom is 0.160 e. The van der Waals surface area contributed by atoms with Gasteiger partial charge in [-0.2, -0.15) is 0 Å². The third-order valence-corrected chi connectivity index (χ3v) is 3.74. The van der Waals surface area contributed by atoms with Gasteiger partial charge in [0.2, 0.25) is 0 Å². The molecule has 3 heteroatoms. The molecule has 0 saturated heterocycles. The molecule has 1 heterocycles. The molecule has 1 N–H and O–H groups in total. The molecular formula is C14H22N2O. The normalized spacial score (nSPS) is 18.1. The van der Waals surface area contributed by atoms with Crippen LogP contribution in [0.15, 0.2) is 12.3 Å². The first-order chi connectivity index (χ1) is 8.13. The lowest BCUT2D eigenvalue weighted by molar-refractivity contribution is 0.360. The highest BCUT2D eigenvalue weighted by molar-refractivity contribution is 5.56. The van der Waals surface area contributed by atoms with Crippen LogP contribution in [0.4, 0.5) is 5.69 Å². The fourth-order valence-corrected chi connectivity index (χ4v) is 2.56. The van der Waals surface area contributed by atoms with Crippen molar-refractivity contribution in [3.05, 3.63) is 18.0 Å². The van der Waals surface area contributed by atoms with Crippen molar-refractivity contribution < 1.29 is 4.74 Å². The van der Waals surface area contributed by atoms with E-state index in [1.54, 1.807) is 13.3 Å². The molecule has 0 amide bonds. The van der Waals surface area contributed by atoms with Gasteiger partial charge in [-0.05, 0) is 31.2 Å². The maximum absolute atomic E-state index is 5.32. The first-order valence-electron chi connectivity index (χ1n) is 6.37. The van der Waals surface area contributed by atoms with Gasteiger partial charge in [-0.3, -0.25) is 4.98 Å². The first kappa shape index (κ1) is 12.2. The number of aryl methyl sites for hydroxylation is 1. The zero-order valence-electron chi connectivity index (χ0n) is 11.0. The van der Waals surface area contributed by atoms with Crippen molar-refractivity contribution in [1.29, 1.82) is 0 Å². The van der Waals surface area contributed by atoms with Crippen LogP contribution >= 0.6 is 0 Å². The molecule has 1 aliphatic carbocycles. The molecule has 2 rings (SSSR count). The van der Waals surface area contributed by atoms with Gasteiger partial charge in [0.05, 0.1) is 19.0 Å². The number of ether oxygens (including phenoxy) is 1. The number of methoxy groups -OCH3 is 1. The third-order valence-electron chi connectivity index (χ3n) is 3.74. The highest BCUT2D eigenvalue weighted by Crippen LogP contribution is 2.38. The molecule has 0 radical (unpaired) electrons. The molecule has 0 spiro atoms. The molecule has 1 aliphatic rings. The summed E-state index contributed by atoms with van der Waals surface area (Å²) in [6.45, 7) is 5.39. The Kier molecular flexibility index (Phi) is 3.55. The standard InChI is InChI=1S/C14H22N2O/c1-11-8-12(13(17-3)9-15-11)16-10-14(2)6-4-5-7-14/h8-9H,4-7,10H2,1-3H3,(H,15,16). The van der Waals surface area contributed by atoms with Crippen LogP contribution in [0.25, 0.3) is 0 Å². The van der Waals surface area contributed by atoms with Crippen molar-refractivity contribution in [3.8, 4) is 5.75 Å². The van der Waals surface area contributed by atoms with E-state index in [1.165, 1.54) is 25.7 Å². The molecule has 1 saturated carbocycles. The van der Waals surface area contributed by atoms with Crippen molar-refractivity contribution in [2.24, 2.45) is 5.41 Å². The molecule has 0 aliphatic heterocycles. The van der Waals surface area contributed by atoms with E-state index in [2.05, 4.69) is 23.3 Å². The van der Waals surface area contributed by atoms with Gasteiger partial charge in [0.1, 0.15) is 0 Å². The van der Waals surface area contributed by atoms with Gasteiger partial charge in [0.25, 0.3) is 0 Å². The predicted molar refractivity (Wildman–Crippen MR) is 70.6 cm³/mol. The topological polar surface area (TPSA) is 34.1 Å². The van der Waals surface area contributed by atoms with E-state index in [9.17, 15) is 0 Å². The van der Waals surface area contributed by atoms with Crippen molar-refractivity contribution in [1.82, 2.24) is 4.98 Å². The Morgan fingerprint density at radius 2 is 2.12 bits per heavy atom. The molecule has 1 fully saturated rings. The van der Waals surface area contributed by atoms with Crippen molar-refractivity contribution in [2.45, 2.75) is 39.5 Å². The second-order valence-corrected chi connectivity index (χ2v) is 5.40. The summed E-state index contributed by atoms with van der Waals surface area (Å²) >= 11 is 0. The molecule has 0 aromatic carbocycles. The van der Waals surface area contributed by atoms with Crippen molar-refractivity contribution in [3.63, 3.8) is 0 Å². The summed E-state index contributed by atoms with van der Waals surface area (Å²) in [5.74, 6) is 0.831. The lowest BCUT2D eigenvalue weighted by atomic mass is 9.89. The molecule has 1 aromatic rings. The lowest BCUT2D eigenvalue weighted by Gasteiger charge is -2.25. The van der Waals surface area contributed by atoms with Gasteiger partial charge in [-0.25, -0.2) is 0 Å². The van der Waals surface area contributed by atoms with Gasteiger partial charge >= 0.3 is 0 Å². The third kappa shape index (κ3) is 2.90. The SMILES string of the molecule is COc1cnc(C)cc1NCC1(C)CCCC1. The molecule has 1 aromatic heterocycles. The van der Waals surface area contributed by atoms with Crippen LogP contribution in [0.1, 0.15) is 38.3 Å². The van der Waals surface area contributed by atoms with E-state index in [0.717, 1.165) is 23.7 Å². The summed E-state index contributed by atoms with van der Waals surface area (Å²) in [4.78, 5) is 4.24. The molecule has 0 bridgehead atoms. The van der Waals surface area contributed by atoms with E-state index >= 15 is 0 Å². The van der Waals surface area contributed by atoms with Crippen LogP contribution in [0.3, 0.4) is 0 Å². The van der Waals surface area contributed by atoms with Crippen LogP contribution in [-0.2, 0) is 0 Å². The zero-order chi connectivity index (χ0) is 12.3. The molecule has 94 valence electrons. The van der Waals surface area contributed by atoms with E-state index in [1.807, 2.05) is 6.92 Å². The van der Waals surface area contributed by atoms with E-state index < -0.39 is 0 Å². The molecular weight excluding hydrogens is 212 g/mol. The summed E-state index contributed by atoms with van der Waals surface area (Å²) in [6, 6.07) is 2.05. The Morgan fingerprint density at radius 1 is 1.41 bits per heavy atom. The Bertz CT molecular complexity index is 384. The first-order valence-corrected chi connectivity index (χ1v) is 6.37. The number of hydrogen-bond donors (Lipinski definition) is 1. The predicted octanol–water partition coefficient (Wildman–Crippen LogP) is 3.39. The Morgan fingerprint density at radius 3 is 2.76 bits per heavy atom.